The van der Waals surface area contributed by atoms with Crippen LogP contribution in [-0.2, 0) is 54.3 Å². The van der Waals surface area contributed by atoms with Crippen LogP contribution in [-0.4, -0.2) is 156 Å². The van der Waals surface area contributed by atoms with E-state index in [2.05, 4.69) is 17.6 Å². The number of hydrogen-bond acceptors (Lipinski definition) is 10. The van der Waals surface area contributed by atoms with E-state index in [1.54, 1.807) is 57.3 Å². The molecule has 7 amide bonds. The van der Waals surface area contributed by atoms with E-state index in [-0.39, 0.29) is 97.5 Å². The second-order valence-corrected chi connectivity index (χ2v) is 20.4. The summed E-state index contributed by atoms with van der Waals surface area (Å²) in [6.45, 7) is 13.7. The second kappa shape index (κ2) is 25.8. The maximum Gasteiger partial charge on any atom is 0.326 e. The molecule has 3 aliphatic rings. The number of amides is 7. The number of imide groups is 1. The molecule has 0 radical (unpaired) electrons. The number of halogens is 1. The van der Waals surface area contributed by atoms with E-state index in [4.69, 9.17) is 21.1 Å². The SMILES string of the molecule is CC[C@H](C)C(CN(C)C(=O)[C@@H](NC(=O)[C@H](C(C)C)N(C)C(=O)CCCCCN1C(=O)C=CC1=O)C(C)C)C(CC(=O)N1[C@H]2C[C@H]2C[C@H]1[C@H](OC)[C@@H](C)C(=O)N[C@@H](Cc1ccccc1Cl)C(=O)O)OC. The third-order valence-electron chi connectivity index (χ3n) is 14.5. The molecule has 1 saturated carbocycles. The predicted molar refractivity (Wildman–Crippen MR) is 260 cm³/mol. The van der Waals surface area contributed by atoms with Gasteiger partial charge in [-0.3, -0.25) is 38.5 Å². The van der Waals surface area contributed by atoms with Gasteiger partial charge in [-0.2, -0.15) is 0 Å². The van der Waals surface area contributed by atoms with E-state index >= 15 is 0 Å². The number of methoxy groups -OCH3 is 2. The summed E-state index contributed by atoms with van der Waals surface area (Å²) in [6, 6.07) is 3.41. The second-order valence-electron chi connectivity index (χ2n) is 20.0. The first kappa shape index (κ1) is 56.7. The minimum atomic E-state index is -1.24. The van der Waals surface area contributed by atoms with Gasteiger partial charge in [0, 0.05) is 83.4 Å². The molecule has 0 spiro atoms. The van der Waals surface area contributed by atoms with Crippen LogP contribution >= 0.6 is 11.6 Å². The minimum Gasteiger partial charge on any atom is -0.480 e. The Morgan fingerprint density at radius 3 is 2.09 bits per heavy atom. The van der Waals surface area contributed by atoms with Gasteiger partial charge >= 0.3 is 5.97 Å². The minimum absolute atomic E-state index is 0.0105. The van der Waals surface area contributed by atoms with E-state index in [1.165, 1.54) is 29.1 Å². The van der Waals surface area contributed by atoms with Gasteiger partial charge in [-0.25, -0.2) is 4.79 Å². The highest BCUT2D eigenvalue weighted by Crippen LogP contribution is 2.50. The summed E-state index contributed by atoms with van der Waals surface area (Å²) in [4.78, 5) is 112. The number of ether oxygens (including phenoxy) is 2. The first-order chi connectivity index (χ1) is 32.6. The lowest BCUT2D eigenvalue weighted by Gasteiger charge is -2.39. The van der Waals surface area contributed by atoms with E-state index in [0.717, 1.165) is 12.8 Å². The van der Waals surface area contributed by atoms with Crippen molar-refractivity contribution in [3.63, 3.8) is 0 Å². The summed E-state index contributed by atoms with van der Waals surface area (Å²) in [7, 11) is 6.31. The van der Waals surface area contributed by atoms with Crippen molar-refractivity contribution in [3.8, 4) is 0 Å². The third-order valence-corrected chi connectivity index (χ3v) is 14.9. The van der Waals surface area contributed by atoms with E-state index < -0.39 is 60.1 Å². The number of nitrogens with one attached hydrogen (secondary N) is 2. The number of hydrogen-bond donors (Lipinski definition) is 3. The van der Waals surface area contributed by atoms with Crippen molar-refractivity contribution in [2.75, 3.05) is 41.4 Å². The number of piperidine rings is 1. The summed E-state index contributed by atoms with van der Waals surface area (Å²) < 4.78 is 12.1. The number of fused-ring (bicyclic) bond motifs is 1. The fraction of sp³-hybridized carbons (Fsp3) is 0.686. The van der Waals surface area contributed by atoms with Crippen LogP contribution in [0.15, 0.2) is 36.4 Å². The van der Waals surface area contributed by atoms with Crippen molar-refractivity contribution in [1.82, 2.24) is 30.2 Å². The maximum absolute atomic E-state index is 14.5. The Balaban J connectivity index is 1.40. The lowest BCUT2D eigenvalue weighted by Crippen LogP contribution is -2.58. The molecule has 2 fully saturated rings. The topological polar surface area (TPSA) is 212 Å². The van der Waals surface area contributed by atoms with Crippen LogP contribution in [0.3, 0.4) is 0 Å². The Bertz CT molecular complexity index is 2010. The fourth-order valence-corrected chi connectivity index (χ4v) is 10.3. The Morgan fingerprint density at radius 2 is 1.52 bits per heavy atom. The van der Waals surface area contributed by atoms with Crippen LogP contribution in [0.4, 0.5) is 0 Å². The van der Waals surface area contributed by atoms with E-state index in [0.29, 0.717) is 36.3 Å². The lowest BCUT2D eigenvalue weighted by molar-refractivity contribution is -0.146. The molecule has 17 nitrogen and oxygen atoms in total. The Kier molecular flexibility index (Phi) is 21.2. The average Bonchev–Trinajstić information content (AvgIpc) is 3.85. The van der Waals surface area contributed by atoms with Gasteiger partial charge < -0.3 is 39.9 Å². The summed E-state index contributed by atoms with van der Waals surface area (Å²) >= 11 is 6.31. The molecule has 384 valence electrons. The molecule has 2 aliphatic heterocycles. The largest absolute Gasteiger partial charge is 0.480 e. The van der Waals surface area contributed by atoms with Crippen LogP contribution in [0, 0.1) is 35.5 Å². The Hall–Kier alpha value is -4.87. The molecule has 0 aromatic heterocycles. The van der Waals surface area contributed by atoms with Crippen LogP contribution < -0.4 is 10.6 Å². The highest BCUT2D eigenvalue weighted by Gasteiger charge is 2.57. The number of carboxylic acids is 1. The number of carbonyl (C=O) groups is 8. The Morgan fingerprint density at radius 1 is 0.870 bits per heavy atom. The number of likely N-dealkylation sites (N-methyl/N-ethyl adjacent to an activating group) is 2. The summed E-state index contributed by atoms with van der Waals surface area (Å²) in [5.74, 6) is -4.96. The lowest BCUT2D eigenvalue weighted by atomic mass is 9.84. The van der Waals surface area contributed by atoms with E-state index in [1.807, 2.05) is 39.5 Å². The van der Waals surface area contributed by atoms with Crippen molar-refractivity contribution in [3.05, 3.63) is 47.0 Å². The number of aliphatic carboxylic acids is 1. The number of unbranched alkanes of at least 4 members (excludes halogenated alkanes) is 2. The van der Waals surface area contributed by atoms with Gasteiger partial charge in [-0.05, 0) is 61.0 Å². The maximum atomic E-state index is 14.5. The van der Waals surface area contributed by atoms with E-state index in [9.17, 15) is 43.5 Å². The summed E-state index contributed by atoms with van der Waals surface area (Å²) in [5, 5.41) is 16.1. The molecule has 2 heterocycles. The summed E-state index contributed by atoms with van der Waals surface area (Å²) in [6.07, 6.45) is 5.22. The van der Waals surface area contributed by atoms with Crippen molar-refractivity contribution in [2.24, 2.45) is 35.5 Å². The van der Waals surface area contributed by atoms with Gasteiger partial charge in [0.15, 0.2) is 0 Å². The normalized spacial score (nSPS) is 21.0. The molecule has 3 N–H and O–H groups in total. The van der Waals surface area contributed by atoms with Crippen molar-refractivity contribution < 1.29 is 52.9 Å². The van der Waals surface area contributed by atoms with Gasteiger partial charge in [0.1, 0.15) is 18.1 Å². The van der Waals surface area contributed by atoms with Gasteiger partial charge in [0.2, 0.25) is 29.5 Å². The highest BCUT2D eigenvalue weighted by atomic mass is 35.5. The fourth-order valence-electron chi connectivity index (χ4n) is 10.1. The average molecular weight is 986 g/mol. The monoisotopic (exact) mass is 985 g/mol. The van der Waals surface area contributed by atoms with Crippen molar-refractivity contribution in [1.29, 1.82) is 0 Å². The molecular weight excluding hydrogens is 908 g/mol. The standard InChI is InChI=1S/C51H77ClN6O11/c1-12-31(6)35(28-55(8)50(65)45(29(2)3)54-49(64)46(30(4)5)56(9)41(59)20-14-13-17-23-57-42(60)21-22-43(57)61)40(68-10)27-44(62)58-38-25-34(38)26-39(58)47(69-11)32(7)48(63)53-37(51(66)67)24-33-18-15-16-19-36(33)52/h15-16,18-19,21-22,29-32,34-35,37-40,45-47H,12-14,17,20,23-28H2,1-11H3,(H,53,63)(H,54,64)(H,66,67)/t31-,32+,34-,35?,37-,38-,39-,40?,45-,46-,47+/m0/s1. The number of benzene rings is 1. The third kappa shape index (κ3) is 14.6. The molecule has 11 atom stereocenters. The first-order valence-corrected chi connectivity index (χ1v) is 24.9. The number of carbonyl (C=O) groups excluding carboxylic acids is 7. The van der Waals surface area contributed by atoms with Crippen LogP contribution in [0.5, 0.6) is 0 Å². The van der Waals surface area contributed by atoms with Gasteiger partial charge in [-0.15, -0.1) is 0 Å². The Labute approximate surface area is 413 Å². The zero-order valence-corrected chi connectivity index (χ0v) is 43.2. The van der Waals surface area contributed by atoms with Gasteiger partial charge in [0.25, 0.3) is 11.8 Å². The highest BCUT2D eigenvalue weighted by molar-refractivity contribution is 6.31. The van der Waals surface area contributed by atoms with Gasteiger partial charge in [0.05, 0.1) is 30.6 Å². The molecule has 1 saturated heterocycles. The quantitative estimate of drug-likeness (QED) is 0.0772. The van der Waals surface area contributed by atoms with Crippen LogP contribution in [0.1, 0.15) is 105 Å². The molecule has 2 unspecified atom stereocenters. The number of rotatable bonds is 28. The molecule has 1 aromatic carbocycles. The molecule has 4 rings (SSSR count). The van der Waals surface area contributed by atoms with Crippen molar-refractivity contribution in [2.45, 2.75) is 149 Å². The smallest absolute Gasteiger partial charge is 0.326 e. The van der Waals surface area contributed by atoms with Crippen molar-refractivity contribution >= 4 is 58.9 Å². The summed E-state index contributed by atoms with van der Waals surface area (Å²) in [5.41, 5.74) is 0.586. The first-order valence-electron chi connectivity index (χ1n) is 24.6. The number of nitrogens with zero attached hydrogens (tertiary/aromatic N) is 4. The molecule has 0 bridgehead atoms. The van der Waals surface area contributed by atoms with Crippen LogP contribution in [0.2, 0.25) is 5.02 Å². The molecule has 1 aromatic rings. The molecule has 18 heteroatoms. The predicted octanol–water partition coefficient (Wildman–Crippen LogP) is 4.73. The van der Waals surface area contributed by atoms with Crippen LogP contribution in [0.25, 0.3) is 0 Å². The zero-order chi connectivity index (χ0) is 51.4. The zero-order valence-electron chi connectivity index (χ0n) is 42.4. The number of carboxylic acid groups (broad SMARTS) is 1. The molecule has 69 heavy (non-hydrogen) atoms. The van der Waals surface area contributed by atoms with Gasteiger partial charge in [-0.1, -0.05) is 91.1 Å². The molecule has 1 aliphatic carbocycles. The number of likely N-dealkylation sites (tertiary alicyclic amines) is 1. The molecular formula is C51H77ClN6O11.